The fraction of sp³-hybridized carbons (Fsp3) is 0.550. The number of hydrogen-bond donors (Lipinski definition) is 0. The van der Waals surface area contributed by atoms with Gasteiger partial charge >= 0.3 is 0 Å². The van der Waals surface area contributed by atoms with Crippen molar-refractivity contribution in [1.29, 1.82) is 0 Å². The highest BCUT2D eigenvalue weighted by Crippen LogP contribution is 2.28. The van der Waals surface area contributed by atoms with E-state index in [1.165, 1.54) is 0 Å². The number of hydrogen-bond acceptors (Lipinski definition) is 5. The number of amides is 1. The first-order valence-corrected chi connectivity index (χ1v) is 9.47. The zero-order valence-corrected chi connectivity index (χ0v) is 15.6. The Kier molecular flexibility index (Phi) is 6.26. The number of carbonyl (C=O) groups is 1. The van der Waals surface area contributed by atoms with E-state index in [9.17, 15) is 4.79 Å². The lowest BCUT2D eigenvalue weighted by Gasteiger charge is -2.31. The van der Waals surface area contributed by atoms with Crippen LogP contribution in [0.3, 0.4) is 0 Å². The van der Waals surface area contributed by atoms with Gasteiger partial charge in [-0.25, -0.2) is 0 Å². The van der Waals surface area contributed by atoms with E-state index in [0.717, 1.165) is 50.0 Å². The molecule has 1 saturated heterocycles. The van der Waals surface area contributed by atoms with Crippen molar-refractivity contribution in [3.8, 4) is 17.1 Å². The Morgan fingerprint density at radius 3 is 2.85 bits per heavy atom. The van der Waals surface area contributed by atoms with Crippen molar-refractivity contribution in [2.75, 3.05) is 20.2 Å². The number of likely N-dealkylation sites (tertiary alicyclic amines) is 1. The van der Waals surface area contributed by atoms with Gasteiger partial charge in [0, 0.05) is 25.1 Å². The summed E-state index contributed by atoms with van der Waals surface area (Å²) in [7, 11) is 1.64. The molecule has 0 radical (unpaired) electrons. The van der Waals surface area contributed by atoms with Crippen LogP contribution in [0.2, 0.25) is 0 Å². The van der Waals surface area contributed by atoms with Gasteiger partial charge in [0.1, 0.15) is 5.75 Å². The summed E-state index contributed by atoms with van der Waals surface area (Å²) >= 11 is 0. The summed E-state index contributed by atoms with van der Waals surface area (Å²) in [5.41, 5.74) is 0.893. The van der Waals surface area contributed by atoms with Gasteiger partial charge in [-0.05, 0) is 43.5 Å². The molecule has 1 aliphatic heterocycles. The predicted octanol–water partition coefficient (Wildman–Crippen LogP) is 4.03. The smallest absolute Gasteiger partial charge is 0.231 e. The molecule has 1 fully saturated rings. The monoisotopic (exact) mass is 357 g/mol. The Morgan fingerprint density at radius 2 is 2.12 bits per heavy atom. The van der Waals surface area contributed by atoms with Crippen molar-refractivity contribution < 1.29 is 14.1 Å². The maximum absolute atomic E-state index is 12.4. The SMILES string of the molecule is CCCCCC(=O)N1CCC[C@@H](c2nc(-c3ccc(OC)cc3)no2)C1. The minimum Gasteiger partial charge on any atom is -0.497 e. The number of methoxy groups -OCH3 is 1. The molecule has 1 aromatic heterocycles. The van der Waals surface area contributed by atoms with Gasteiger partial charge in [0.15, 0.2) is 0 Å². The second-order valence-electron chi connectivity index (χ2n) is 6.82. The molecule has 1 aliphatic rings. The van der Waals surface area contributed by atoms with Crippen molar-refractivity contribution in [2.24, 2.45) is 0 Å². The summed E-state index contributed by atoms with van der Waals surface area (Å²) in [6, 6.07) is 7.58. The average Bonchev–Trinajstić information content (AvgIpc) is 3.18. The molecule has 1 aromatic carbocycles. The lowest BCUT2D eigenvalue weighted by molar-refractivity contribution is -0.132. The van der Waals surface area contributed by atoms with Crippen LogP contribution < -0.4 is 4.74 Å². The molecule has 2 heterocycles. The van der Waals surface area contributed by atoms with E-state index in [0.29, 0.717) is 24.7 Å². The third-order valence-corrected chi connectivity index (χ3v) is 4.91. The molecule has 140 valence electrons. The highest BCUT2D eigenvalue weighted by Gasteiger charge is 2.28. The van der Waals surface area contributed by atoms with Gasteiger partial charge in [-0.1, -0.05) is 24.9 Å². The fourth-order valence-corrected chi connectivity index (χ4v) is 3.35. The zero-order chi connectivity index (χ0) is 18.4. The first-order valence-electron chi connectivity index (χ1n) is 9.47. The molecule has 6 heteroatoms. The molecule has 3 rings (SSSR count). The summed E-state index contributed by atoms with van der Waals surface area (Å²) in [4.78, 5) is 18.9. The highest BCUT2D eigenvalue weighted by molar-refractivity contribution is 5.76. The first kappa shape index (κ1) is 18.4. The third-order valence-electron chi connectivity index (χ3n) is 4.91. The van der Waals surface area contributed by atoms with Gasteiger partial charge in [0.25, 0.3) is 0 Å². The first-order chi connectivity index (χ1) is 12.7. The van der Waals surface area contributed by atoms with Crippen molar-refractivity contribution in [2.45, 2.75) is 51.4 Å². The second kappa shape index (κ2) is 8.83. The normalized spacial score (nSPS) is 17.3. The van der Waals surface area contributed by atoms with E-state index in [-0.39, 0.29) is 11.8 Å². The standard InChI is InChI=1S/C20H27N3O3/c1-3-4-5-8-18(24)23-13-6-7-16(14-23)20-21-19(22-26-20)15-9-11-17(25-2)12-10-15/h9-12,16H,3-8,13-14H2,1-2H3/t16-/m1/s1. The van der Waals surface area contributed by atoms with Crippen LogP contribution >= 0.6 is 0 Å². The summed E-state index contributed by atoms with van der Waals surface area (Å²) in [5, 5.41) is 4.12. The number of ether oxygens (including phenoxy) is 1. The van der Waals surface area contributed by atoms with Gasteiger partial charge in [-0.2, -0.15) is 4.98 Å². The number of nitrogens with zero attached hydrogens (tertiary/aromatic N) is 3. The van der Waals surface area contributed by atoms with E-state index < -0.39 is 0 Å². The van der Waals surface area contributed by atoms with Crippen LogP contribution in [-0.2, 0) is 4.79 Å². The molecular weight excluding hydrogens is 330 g/mol. The number of unbranched alkanes of at least 4 members (excludes halogenated alkanes) is 2. The van der Waals surface area contributed by atoms with Gasteiger partial charge in [0.05, 0.1) is 13.0 Å². The zero-order valence-electron chi connectivity index (χ0n) is 15.6. The molecule has 0 saturated carbocycles. The molecular formula is C20H27N3O3. The summed E-state index contributed by atoms with van der Waals surface area (Å²) in [6.45, 7) is 3.66. The van der Waals surface area contributed by atoms with E-state index in [1.807, 2.05) is 29.2 Å². The van der Waals surface area contributed by atoms with Crippen molar-refractivity contribution in [3.05, 3.63) is 30.2 Å². The molecule has 0 unspecified atom stereocenters. The molecule has 0 N–H and O–H groups in total. The topological polar surface area (TPSA) is 68.5 Å². The molecule has 1 amide bonds. The number of piperidine rings is 1. The van der Waals surface area contributed by atoms with E-state index in [4.69, 9.17) is 9.26 Å². The molecule has 0 spiro atoms. The minimum atomic E-state index is 0.123. The lowest BCUT2D eigenvalue weighted by Crippen LogP contribution is -2.39. The second-order valence-corrected chi connectivity index (χ2v) is 6.82. The van der Waals surface area contributed by atoms with E-state index in [2.05, 4.69) is 17.1 Å². The largest absolute Gasteiger partial charge is 0.497 e. The Bertz CT molecular complexity index is 711. The van der Waals surface area contributed by atoms with Crippen LogP contribution in [0.4, 0.5) is 0 Å². The molecule has 0 aliphatic carbocycles. The average molecular weight is 357 g/mol. The number of carbonyl (C=O) groups excluding carboxylic acids is 1. The number of benzene rings is 1. The maximum Gasteiger partial charge on any atom is 0.231 e. The van der Waals surface area contributed by atoms with Crippen molar-refractivity contribution in [3.63, 3.8) is 0 Å². The van der Waals surface area contributed by atoms with Crippen molar-refractivity contribution >= 4 is 5.91 Å². The van der Waals surface area contributed by atoms with E-state index in [1.54, 1.807) is 7.11 Å². The van der Waals surface area contributed by atoms with Gasteiger partial charge in [-0.15, -0.1) is 0 Å². The third kappa shape index (κ3) is 4.42. The van der Waals surface area contributed by atoms with Gasteiger partial charge in [-0.3, -0.25) is 4.79 Å². The van der Waals surface area contributed by atoms with Crippen LogP contribution in [0.25, 0.3) is 11.4 Å². The molecule has 2 aromatic rings. The summed E-state index contributed by atoms with van der Waals surface area (Å²) in [6.07, 6.45) is 5.80. The Hall–Kier alpha value is -2.37. The molecule has 0 bridgehead atoms. The Labute approximate surface area is 154 Å². The highest BCUT2D eigenvalue weighted by atomic mass is 16.5. The van der Waals surface area contributed by atoms with Crippen molar-refractivity contribution in [1.82, 2.24) is 15.0 Å². The Balaban J connectivity index is 1.63. The Morgan fingerprint density at radius 1 is 1.31 bits per heavy atom. The minimum absolute atomic E-state index is 0.123. The number of aromatic nitrogens is 2. The number of rotatable bonds is 7. The summed E-state index contributed by atoms with van der Waals surface area (Å²) < 4.78 is 10.7. The predicted molar refractivity (Wildman–Crippen MR) is 99.0 cm³/mol. The van der Waals surface area contributed by atoms with Crippen LogP contribution in [-0.4, -0.2) is 41.1 Å². The molecule has 26 heavy (non-hydrogen) atoms. The van der Waals surface area contributed by atoms with E-state index >= 15 is 0 Å². The van der Waals surface area contributed by atoms with Crippen LogP contribution in [0, 0.1) is 0 Å². The lowest BCUT2D eigenvalue weighted by atomic mass is 9.97. The van der Waals surface area contributed by atoms with Crippen LogP contribution in [0.15, 0.2) is 28.8 Å². The fourth-order valence-electron chi connectivity index (χ4n) is 3.35. The van der Waals surface area contributed by atoms with Crippen LogP contribution in [0.1, 0.15) is 57.3 Å². The van der Waals surface area contributed by atoms with Crippen LogP contribution in [0.5, 0.6) is 5.75 Å². The molecule has 6 nitrogen and oxygen atoms in total. The quantitative estimate of drug-likeness (QED) is 0.700. The van der Waals surface area contributed by atoms with Gasteiger partial charge < -0.3 is 14.2 Å². The van der Waals surface area contributed by atoms with Gasteiger partial charge in [0.2, 0.25) is 17.6 Å². The molecule has 1 atom stereocenters. The summed E-state index contributed by atoms with van der Waals surface area (Å²) in [5.74, 6) is 2.37. The maximum atomic E-state index is 12.4.